The predicted molar refractivity (Wildman–Crippen MR) is 60.6 cm³/mol. The van der Waals surface area contributed by atoms with Gasteiger partial charge in [-0.25, -0.2) is 13.1 Å². The summed E-state index contributed by atoms with van der Waals surface area (Å²) in [7, 11) is -3.52. The quantitative estimate of drug-likeness (QED) is 0.734. The van der Waals surface area contributed by atoms with Crippen LogP contribution in [-0.4, -0.2) is 30.3 Å². The lowest BCUT2D eigenvalue weighted by Crippen LogP contribution is -2.48. The van der Waals surface area contributed by atoms with Crippen molar-refractivity contribution >= 4 is 16.0 Å². The molecule has 0 radical (unpaired) electrons. The van der Waals surface area contributed by atoms with E-state index in [1.807, 2.05) is 6.92 Å². The summed E-state index contributed by atoms with van der Waals surface area (Å²) >= 11 is 0. The van der Waals surface area contributed by atoms with E-state index in [1.54, 1.807) is 13.8 Å². The van der Waals surface area contributed by atoms with Gasteiger partial charge in [0.2, 0.25) is 10.0 Å². The van der Waals surface area contributed by atoms with E-state index in [2.05, 4.69) is 4.72 Å². The highest BCUT2D eigenvalue weighted by atomic mass is 32.2. The Kier molecular flexibility index (Phi) is 3.64. The average molecular weight is 249 g/mol. The third-order valence-electron chi connectivity index (χ3n) is 3.36. The molecule has 0 saturated heterocycles. The molecule has 0 amide bonds. The van der Waals surface area contributed by atoms with Crippen molar-refractivity contribution in [1.29, 1.82) is 0 Å². The molecule has 0 unspecified atom stereocenters. The molecule has 2 N–H and O–H groups in total. The monoisotopic (exact) mass is 249 g/mol. The molecule has 0 aliphatic heterocycles. The van der Waals surface area contributed by atoms with Crippen LogP contribution in [0.25, 0.3) is 0 Å². The average Bonchev–Trinajstić information content (AvgIpc) is 2.93. The molecule has 5 nitrogen and oxygen atoms in total. The molecule has 0 spiro atoms. The molecular weight excluding hydrogens is 230 g/mol. The Hall–Kier alpha value is -0.620. The number of carboxylic acids is 1. The number of sulfonamides is 1. The Labute approximate surface area is 96.3 Å². The van der Waals surface area contributed by atoms with Gasteiger partial charge in [-0.05, 0) is 25.7 Å². The van der Waals surface area contributed by atoms with E-state index < -0.39 is 26.8 Å². The largest absolute Gasteiger partial charge is 0.480 e. The van der Waals surface area contributed by atoms with E-state index in [4.69, 9.17) is 5.11 Å². The number of hydrogen-bond donors (Lipinski definition) is 2. The van der Waals surface area contributed by atoms with Crippen LogP contribution < -0.4 is 4.72 Å². The second-order valence-electron chi connectivity index (χ2n) is 4.77. The number of nitrogens with one attached hydrogen (secondary N) is 1. The standard InChI is InChI=1S/C10H19NO4S/c1-4-7(2)8(9(12)13)11-16(14,15)10(3)5-6-10/h7-8,11H,4-6H2,1-3H3,(H,12,13)/t7-,8-/m0/s1. The van der Waals surface area contributed by atoms with E-state index >= 15 is 0 Å². The maximum atomic E-state index is 11.9. The van der Waals surface area contributed by atoms with Crippen molar-refractivity contribution in [1.82, 2.24) is 4.72 Å². The fraction of sp³-hybridized carbons (Fsp3) is 0.900. The number of carboxylic acid groups (broad SMARTS) is 1. The van der Waals surface area contributed by atoms with Crippen molar-refractivity contribution in [3.63, 3.8) is 0 Å². The molecule has 0 aromatic rings. The highest BCUT2D eigenvalue weighted by Crippen LogP contribution is 2.42. The Morgan fingerprint density at radius 1 is 1.50 bits per heavy atom. The molecule has 0 heterocycles. The fourth-order valence-electron chi connectivity index (χ4n) is 1.40. The van der Waals surface area contributed by atoms with Gasteiger partial charge >= 0.3 is 5.97 Å². The number of aliphatic carboxylic acids is 1. The first-order chi connectivity index (χ1) is 7.23. The molecule has 1 aliphatic rings. The lowest BCUT2D eigenvalue weighted by molar-refractivity contribution is -0.140. The topological polar surface area (TPSA) is 83.5 Å². The molecule has 1 rings (SSSR count). The summed E-state index contributed by atoms with van der Waals surface area (Å²) in [5.74, 6) is -1.32. The Balaban J connectivity index is 2.80. The minimum absolute atomic E-state index is 0.213. The zero-order chi connectivity index (χ0) is 12.6. The van der Waals surface area contributed by atoms with E-state index in [-0.39, 0.29) is 5.92 Å². The minimum Gasteiger partial charge on any atom is -0.480 e. The Bertz CT molecular complexity index is 372. The Morgan fingerprint density at radius 2 is 2.00 bits per heavy atom. The lowest BCUT2D eigenvalue weighted by Gasteiger charge is -2.22. The first-order valence-electron chi connectivity index (χ1n) is 5.48. The summed E-state index contributed by atoms with van der Waals surface area (Å²) in [6.45, 7) is 5.22. The first kappa shape index (κ1) is 13.4. The highest BCUT2D eigenvalue weighted by Gasteiger charge is 2.51. The van der Waals surface area contributed by atoms with E-state index in [1.165, 1.54) is 0 Å². The zero-order valence-electron chi connectivity index (χ0n) is 9.86. The van der Waals surface area contributed by atoms with Gasteiger partial charge in [-0.1, -0.05) is 20.3 Å². The smallest absolute Gasteiger partial charge is 0.322 e. The molecule has 2 atom stereocenters. The van der Waals surface area contributed by atoms with Gasteiger partial charge < -0.3 is 5.11 Å². The van der Waals surface area contributed by atoms with Crippen LogP contribution in [0.2, 0.25) is 0 Å². The second-order valence-corrected chi connectivity index (χ2v) is 7.00. The third kappa shape index (κ3) is 2.55. The van der Waals surface area contributed by atoms with Crippen LogP contribution in [-0.2, 0) is 14.8 Å². The molecule has 0 aromatic heterocycles. The third-order valence-corrected chi connectivity index (χ3v) is 5.63. The van der Waals surface area contributed by atoms with Gasteiger partial charge in [-0.2, -0.15) is 0 Å². The summed E-state index contributed by atoms with van der Waals surface area (Å²) in [6.07, 6.45) is 1.83. The van der Waals surface area contributed by atoms with E-state index in [0.717, 1.165) is 0 Å². The second kappa shape index (κ2) is 4.33. The fourth-order valence-corrected chi connectivity index (χ4v) is 2.99. The Morgan fingerprint density at radius 3 is 2.31 bits per heavy atom. The normalized spacial score (nSPS) is 22.4. The van der Waals surface area contributed by atoms with Gasteiger partial charge in [-0.15, -0.1) is 0 Å². The predicted octanol–water partition coefficient (Wildman–Crippen LogP) is 0.958. The van der Waals surface area contributed by atoms with Gasteiger partial charge in [0.05, 0.1) is 4.75 Å². The van der Waals surface area contributed by atoms with Gasteiger partial charge in [0.25, 0.3) is 0 Å². The summed E-state index contributed by atoms with van der Waals surface area (Å²) in [6, 6.07) is -1.02. The highest BCUT2D eigenvalue weighted by molar-refractivity contribution is 7.91. The molecule has 16 heavy (non-hydrogen) atoms. The van der Waals surface area contributed by atoms with Crippen molar-refractivity contribution in [2.75, 3.05) is 0 Å². The summed E-state index contributed by atoms with van der Waals surface area (Å²) in [5.41, 5.74) is 0. The van der Waals surface area contributed by atoms with Crippen LogP contribution in [0.5, 0.6) is 0 Å². The van der Waals surface area contributed by atoms with Gasteiger partial charge in [0.15, 0.2) is 0 Å². The van der Waals surface area contributed by atoms with Crippen LogP contribution in [0.4, 0.5) is 0 Å². The van der Waals surface area contributed by atoms with Crippen LogP contribution in [0.1, 0.15) is 40.0 Å². The van der Waals surface area contributed by atoms with Crippen LogP contribution in [0, 0.1) is 5.92 Å². The zero-order valence-corrected chi connectivity index (χ0v) is 10.7. The van der Waals surface area contributed by atoms with Gasteiger partial charge in [0.1, 0.15) is 6.04 Å². The van der Waals surface area contributed by atoms with Crippen molar-refractivity contribution in [3.05, 3.63) is 0 Å². The van der Waals surface area contributed by atoms with E-state index in [0.29, 0.717) is 19.3 Å². The van der Waals surface area contributed by atoms with Crippen LogP contribution >= 0.6 is 0 Å². The van der Waals surface area contributed by atoms with Crippen molar-refractivity contribution in [3.8, 4) is 0 Å². The molecule has 0 bridgehead atoms. The van der Waals surface area contributed by atoms with Gasteiger partial charge in [-0.3, -0.25) is 4.79 Å². The molecule has 6 heteroatoms. The molecule has 1 fully saturated rings. The number of hydrogen-bond acceptors (Lipinski definition) is 3. The number of rotatable bonds is 6. The first-order valence-corrected chi connectivity index (χ1v) is 6.96. The summed E-state index contributed by atoms with van der Waals surface area (Å²) in [4.78, 5) is 11.0. The number of carbonyl (C=O) groups is 1. The molecule has 94 valence electrons. The lowest BCUT2D eigenvalue weighted by atomic mass is 10.0. The van der Waals surface area contributed by atoms with Crippen LogP contribution in [0.15, 0.2) is 0 Å². The van der Waals surface area contributed by atoms with Crippen molar-refractivity contribution < 1.29 is 18.3 Å². The molecule has 1 aliphatic carbocycles. The van der Waals surface area contributed by atoms with E-state index in [9.17, 15) is 13.2 Å². The molecule has 0 aromatic carbocycles. The molecular formula is C10H19NO4S. The summed E-state index contributed by atoms with van der Waals surface area (Å²) in [5, 5.41) is 9.00. The van der Waals surface area contributed by atoms with Crippen molar-refractivity contribution in [2.45, 2.75) is 50.8 Å². The SMILES string of the molecule is CC[C@H](C)[C@H](NS(=O)(=O)C1(C)CC1)C(=O)O. The minimum atomic E-state index is -3.52. The van der Waals surface area contributed by atoms with Crippen molar-refractivity contribution in [2.24, 2.45) is 5.92 Å². The maximum absolute atomic E-state index is 11.9. The molecule has 1 saturated carbocycles. The van der Waals surface area contributed by atoms with Crippen LogP contribution in [0.3, 0.4) is 0 Å². The van der Waals surface area contributed by atoms with Gasteiger partial charge in [0, 0.05) is 0 Å². The summed E-state index contributed by atoms with van der Waals surface area (Å²) < 4.78 is 25.3. The maximum Gasteiger partial charge on any atom is 0.322 e.